The minimum absolute atomic E-state index is 0.235. The van der Waals surface area contributed by atoms with E-state index < -0.39 is 6.09 Å². The van der Waals surface area contributed by atoms with Crippen molar-refractivity contribution in [2.45, 2.75) is 19.6 Å². The molecule has 1 atom stereocenters. The average Bonchev–Trinajstić information content (AvgIpc) is 2.87. The Bertz CT molecular complexity index is 580. The predicted octanol–water partition coefficient (Wildman–Crippen LogP) is 3.29. The maximum Gasteiger partial charge on any atom is 0.405 e. The number of nitrogens with one attached hydrogen (secondary N) is 1. The zero-order chi connectivity index (χ0) is 14.5. The van der Waals surface area contributed by atoms with Crippen LogP contribution in [0.15, 0.2) is 29.8 Å². The molecule has 1 aromatic heterocycles. The molecule has 2 aromatic rings. The summed E-state index contributed by atoms with van der Waals surface area (Å²) in [5.41, 5.74) is 4.70. The van der Waals surface area contributed by atoms with Gasteiger partial charge in [0.15, 0.2) is 0 Å². The third kappa shape index (κ3) is 3.34. The van der Waals surface area contributed by atoms with E-state index in [0.717, 1.165) is 21.7 Å². The first-order valence-corrected chi connectivity index (χ1v) is 7.01. The lowest BCUT2D eigenvalue weighted by atomic mass is 10.0. The van der Waals surface area contributed by atoms with E-state index in [9.17, 15) is 4.79 Å². The van der Waals surface area contributed by atoms with E-state index in [1.807, 2.05) is 31.2 Å². The van der Waals surface area contributed by atoms with Gasteiger partial charge < -0.3 is 15.2 Å². The normalized spacial score (nSPS) is 12.1. The van der Waals surface area contributed by atoms with Crippen molar-refractivity contribution < 1.29 is 14.6 Å². The quantitative estimate of drug-likeness (QED) is 0.887. The molecule has 1 heterocycles. The summed E-state index contributed by atoms with van der Waals surface area (Å²) in [7, 11) is 1.64. The Labute approximate surface area is 121 Å². The number of rotatable bonds is 5. The molecule has 1 amide bonds. The summed E-state index contributed by atoms with van der Waals surface area (Å²) in [6.07, 6.45) is -1.02. The molecule has 2 N–H and O–H groups in total. The number of carboxylic acid groups (broad SMARTS) is 1. The summed E-state index contributed by atoms with van der Waals surface area (Å²) >= 11 is 1.57. The number of hydrogen-bond donors (Lipinski definition) is 2. The van der Waals surface area contributed by atoms with Crippen LogP contribution >= 0.6 is 11.3 Å². The third-order valence-electron chi connectivity index (χ3n) is 2.94. The van der Waals surface area contributed by atoms with Crippen LogP contribution in [0.1, 0.15) is 24.2 Å². The third-order valence-corrected chi connectivity index (χ3v) is 3.85. The van der Waals surface area contributed by atoms with E-state index in [0.29, 0.717) is 6.61 Å². The van der Waals surface area contributed by atoms with Crippen molar-refractivity contribution in [3.8, 4) is 10.4 Å². The summed E-state index contributed by atoms with van der Waals surface area (Å²) < 4.78 is 5.12. The van der Waals surface area contributed by atoms with Gasteiger partial charge in [-0.3, -0.25) is 0 Å². The summed E-state index contributed by atoms with van der Waals surface area (Å²) in [5, 5.41) is 11.1. The van der Waals surface area contributed by atoms with Crippen molar-refractivity contribution in [1.82, 2.24) is 10.3 Å². The van der Waals surface area contributed by atoms with Gasteiger partial charge in [-0.15, -0.1) is 11.3 Å². The fourth-order valence-electron chi connectivity index (χ4n) is 1.94. The molecule has 0 bridgehead atoms. The minimum Gasteiger partial charge on any atom is -0.465 e. The molecule has 0 unspecified atom stereocenters. The molecule has 0 aliphatic heterocycles. The van der Waals surface area contributed by atoms with Gasteiger partial charge in [0.05, 0.1) is 28.7 Å². The molecule has 6 heteroatoms. The molecule has 0 aliphatic carbocycles. The lowest BCUT2D eigenvalue weighted by Gasteiger charge is -2.12. The van der Waals surface area contributed by atoms with Crippen LogP contribution in [0.3, 0.4) is 0 Å². The largest absolute Gasteiger partial charge is 0.465 e. The zero-order valence-corrected chi connectivity index (χ0v) is 12.1. The monoisotopic (exact) mass is 292 g/mol. The van der Waals surface area contributed by atoms with E-state index in [1.165, 1.54) is 0 Å². The number of hydrogen-bond acceptors (Lipinski definition) is 4. The Kier molecular flexibility index (Phi) is 4.70. The first-order valence-electron chi connectivity index (χ1n) is 6.13. The zero-order valence-electron chi connectivity index (χ0n) is 11.3. The Balaban J connectivity index is 2.19. The standard InChI is InChI=1S/C14H16N2O3S/c1-9(16-14(17)18)10-3-5-11(6-4-10)13-12(7-19-2)15-8-20-13/h3-6,8-9,16H,7H2,1-2H3,(H,17,18)/t9-/m0/s1. The van der Waals surface area contributed by atoms with Crippen LogP contribution in [0.2, 0.25) is 0 Å². The lowest BCUT2D eigenvalue weighted by Crippen LogP contribution is -2.24. The number of ether oxygens (including phenoxy) is 1. The van der Waals surface area contributed by atoms with E-state index in [2.05, 4.69) is 10.3 Å². The van der Waals surface area contributed by atoms with Gasteiger partial charge in [-0.25, -0.2) is 9.78 Å². The molecule has 2 rings (SSSR count). The number of aromatic nitrogens is 1. The Hall–Kier alpha value is -1.92. The second-order valence-electron chi connectivity index (χ2n) is 4.35. The first-order chi connectivity index (χ1) is 9.61. The van der Waals surface area contributed by atoms with Crippen LogP contribution in [0.4, 0.5) is 4.79 Å². The Morgan fingerprint density at radius 2 is 2.15 bits per heavy atom. The van der Waals surface area contributed by atoms with Crippen LogP contribution in [0.25, 0.3) is 10.4 Å². The van der Waals surface area contributed by atoms with Gasteiger partial charge in [0.1, 0.15) is 0 Å². The summed E-state index contributed by atoms with van der Waals surface area (Å²) in [4.78, 5) is 16.0. The van der Waals surface area contributed by atoms with Gasteiger partial charge in [0.25, 0.3) is 0 Å². The topological polar surface area (TPSA) is 71.5 Å². The predicted molar refractivity (Wildman–Crippen MR) is 77.8 cm³/mol. The average molecular weight is 292 g/mol. The minimum atomic E-state index is -1.02. The van der Waals surface area contributed by atoms with Gasteiger partial charge in [0, 0.05) is 7.11 Å². The van der Waals surface area contributed by atoms with Crippen LogP contribution in [0.5, 0.6) is 0 Å². The van der Waals surface area contributed by atoms with Crippen LogP contribution in [0, 0.1) is 0 Å². The lowest BCUT2D eigenvalue weighted by molar-refractivity contribution is 0.182. The van der Waals surface area contributed by atoms with E-state index in [1.54, 1.807) is 24.0 Å². The molecule has 20 heavy (non-hydrogen) atoms. The first kappa shape index (κ1) is 14.5. The molecule has 0 saturated carbocycles. The van der Waals surface area contributed by atoms with Gasteiger partial charge >= 0.3 is 6.09 Å². The fourth-order valence-corrected chi connectivity index (χ4v) is 2.74. The molecule has 0 spiro atoms. The van der Waals surface area contributed by atoms with E-state index in [4.69, 9.17) is 9.84 Å². The molecular formula is C14H16N2O3S. The molecule has 0 fully saturated rings. The van der Waals surface area contributed by atoms with Gasteiger partial charge in [-0.2, -0.15) is 0 Å². The smallest absolute Gasteiger partial charge is 0.405 e. The molecule has 106 valence electrons. The SMILES string of the molecule is COCc1ncsc1-c1ccc([C@H](C)NC(=O)O)cc1. The maximum absolute atomic E-state index is 10.6. The highest BCUT2D eigenvalue weighted by Gasteiger charge is 2.11. The molecular weight excluding hydrogens is 276 g/mol. The van der Waals surface area contributed by atoms with Crippen molar-refractivity contribution in [2.24, 2.45) is 0 Å². The van der Waals surface area contributed by atoms with Crippen molar-refractivity contribution >= 4 is 17.4 Å². The molecule has 0 radical (unpaired) electrons. The Morgan fingerprint density at radius 3 is 2.75 bits per heavy atom. The molecule has 0 saturated heterocycles. The number of benzene rings is 1. The van der Waals surface area contributed by atoms with Gasteiger partial charge in [-0.05, 0) is 18.1 Å². The fraction of sp³-hybridized carbons (Fsp3) is 0.286. The molecule has 0 aliphatic rings. The number of nitrogens with zero attached hydrogens (tertiary/aromatic N) is 1. The van der Waals surface area contributed by atoms with Gasteiger partial charge in [0.2, 0.25) is 0 Å². The van der Waals surface area contributed by atoms with Gasteiger partial charge in [-0.1, -0.05) is 24.3 Å². The second kappa shape index (κ2) is 6.49. The number of amides is 1. The maximum atomic E-state index is 10.6. The molecule has 5 nitrogen and oxygen atoms in total. The Morgan fingerprint density at radius 1 is 1.45 bits per heavy atom. The highest BCUT2D eigenvalue weighted by Crippen LogP contribution is 2.29. The summed E-state index contributed by atoms with van der Waals surface area (Å²) in [5.74, 6) is 0. The van der Waals surface area contributed by atoms with Crippen molar-refractivity contribution in [3.63, 3.8) is 0 Å². The highest BCUT2D eigenvalue weighted by atomic mass is 32.1. The number of methoxy groups -OCH3 is 1. The summed E-state index contributed by atoms with van der Waals surface area (Å²) in [6, 6.07) is 7.56. The van der Waals surface area contributed by atoms with E-state index >= 15 is 0 Å². The van der Waals surface area contributed by atoms with Crippen LogP contribution < -0.4 is 5.32 Å². The van der Waals surface area contributed by atoms with Crippen molar-refractivity contribution in [1.29, 1.82) is 0 Å². The summed E-state index contributed by atoms with van der Waals surface area (Å²) in [6.45, 7) is 2.30. The number of thiazole rings is 1. The van der Waals surface area contributed by atoms with Crippen molar-refractivity contribution in [2.75, 3.05) is 7.11 Å². The number of carbonyl (C=O) groups is 1. The van der Waals surface area contributed by atoms with E-state index in [-0.39, 0.29) is 6.04 Å². The van der Waals surface area contributed by atoms with Crippen molar-refractivity contribution in [3.05, 3.63) is 41.0 Å². The van der Waals surface area contributed by atoms with Crippen LogP contribution in [-0.4, -0.2) is 23.3 Å². The highest BCUT2D eigenvalue weighted by molar-refractivity contribution is 7.13. The second-order valence-corrected chi connectivity index (χ2v) is 5.21. The molecule has 1 aromatic carbocycles. The van der Waals surface area contributed by atoms with Crippen LogP contribution in [-0.2, 0) is 11.3 Å².